The van der Waals surface area contributed by atoms with Gasteiger partial charge in [-0.3, -0.25) is 0 Å². The van der Waals surface area contributed by atoms with Gasteiger partial charge in [0.25, 0.3) is 0 Å². The average Bonchev–Trinajstić information content (AvgIpc) is 2.81. The summed E-state index contributed by atoms with van der Waals surface area (Å²) in [6.07, 6.45) is 3.47. The van der Waals surface area contributed by atoms with Crippen molar-refractivity contribution in [2.24, 2.45) is 0 Å². The number of halogens is 3. The van der Waals surface area contributed by atoms with Crippen molar-refractivity contribution in [3.8, 4) is 6.07 Å². The zero-order chi connectivity index (χ0) is 25.5. The third-order valence-electron chi connectivity index (χ3n) is 3.91. The SMILES string of the molecule is Clc1ccnc(Cl)n1.N#CCc1cccc(Nc2ccnc(Cl)n2)c1.[C-]#[N+]Cc1cccc(N)c1. The molecule has 11 heteroatoms. The van der Waals surface area contributed by atoms with Crippen LogP contribution in [-0.4, -0.2) is 19.9 Å². The predicted molar refractivity (Wildman–Crippen MR) is 139 cm³/mol. The number of nitriles is 1. The molecule has 0 aliphatic rings. The highest BCUT2D eigenvalue weighted by atomic mass is 35.5. The standard InChI is InChI=1S/C12H9ClN4.C8H8N2.C4H2Cl2N2/c13-12-15-7-5-11(17-12)16-10-3-1-2-9(8-10)4-6-14;1-10-6-7-3-2-4-8(9)5-7;5-3-1-2-7-4(6)8-3/h1-3,5,7-8H,4H2,(H,15,16,17);2-5H,6,9H2;1-2H. The van der Waals surface area contributed by atoms with E-state index in [9.17, 15) is 0 Å². The van der Waals surface area contributed by atoms with E-state index in [1.54, 1.807) is 18.3 Å². The fourth-order valence-electron chi connectivity index (χ4n) is 2.50. The summed E-state index contributed by atoms with van der Waals surface area (Å²) in [6.45, 7) is 7.02. The van der Waals surface area contributed by atoms with Crippen molar-refractivity contribution >= 4 is 52.0 Å². The van der Waals surface area contributed by atoms with Crippen LogP contribution < -0.4 is 11.1 Å². The second-order valence-corrected chi connectivity index (χ2v) is 7.64. The Bertz CT molecular complexity index is 1300. The van der Waals surface area contributed by atoms with Gasteiger partial charge in [0.15, 0.2) is 0 Å². The van der Waals surface area contributed by atoms with Crippen LogP contribution in [0.4, 0.5) is 17.2 Å². The monoisotopic (exact) mass is 524 g/mol. The Kier molecular flexibility index (Phi) is 11.7. The number of rotatable bonds is 4. The summed E-state index contributed by atoms with van der Waals surface area (Å²) in [5, 5.41) is 12.5. The molecular weight excluding hydrogens is 507 g/mol. The summed E-state index contributed by atoms with van der Waals surface area (Å²) in [6, 6.07) is 20.4. The Morgan fingerprint density at radius 1 is 0.914 bits per heavy atom. The molecule has 4 rings (SSSR count). The van der Waals surface area contributed by atoms with Gasteiger partial charge < -0.3 is 15.9 Å². The van der Waals surface area contributed by atoms with Crippen molar-refractivity contribution in [1.29, 1.82) is 5.26 Å². The van der Waals surface area contributed by atoms with Gasteiger partial charge in [0.05, 0.1) is 12.5 Å². The van der Waals surface area contributed by atoms with E-state index in [1.807, 2.05) is 48.5 Å². The molecule has 35 heavy (non-hydrogen) atoms. The molecule has 2 heterocycles. The number of anilines is 3. The smallest absolute Gasteiger partial charge is 0.239 e. The molecule has 2 aromatic carbocycles. The molecule has 0 bridgehead atoms. The molecule has 2 aromatic heterocycles. The first-order chi connectivity index (χ1) is 16.9. The van der Waals surface area contributed by atoms with Gasteiger partial charge in [0, 0.05) is 29.3 Å². The maximum atomic E-state index is 8.63. The van der Waals surface area contributed by atoms with Gasteiger partial charge in [0.1, 0.15) is 11.0 Å². The average molecular weight is 526 g/mol. The third kappa shape index (κ3) is 11.1. The van der Waals surface area contributed by atoms with Crippen molar-refractivity contribution in [3.63, 3.8) is 0 Å². The van der Waals surface area contributed by atoms with Gasteiger partial charge in [-0.2, -0.15) is 5.26 Å². The normalized spacial score (nSPS) is 9.29. The number of hydrogen-bond acceptors (Lipinski definition) is 7. The van der Waals surface area contributed by atoms with Crippen LogP contribution in [0, 0.1) is 17.9 Å². The Morgan fingerprint density at radius 3 is 2.20 bits per heavy atom. The number of nitrogens with one attached hydrogen (secondary N) is 1. The first-order valence-corrected chi connectivity index (χ1v) is 11.1. The number of nitrogens with zero attached hydrogens (tertiary/aromatic N) is 6. The second-order valence-electron chi connectivity index (χ2n) is 6.58. The minimum atomic E-state index is 0.178. The van der Waals surface area contributed by atoms with Crippen molar-refractivity contribution in [2.75, 3.05) is 11.1 Å². The van der Waals surface area contributed by atoms with Crippen molar-refractivity contribution < 1.29 is 0 Å². The lowest BCUT2D eigenvalue weighted by molar-refractivity contribution is 1.17. The second kappa shape index (κ2) is 15.0. The van der Waals surface area contributed by atoms with Gasteiger partial charge in [0.2, 0.25) is 17.1 Å². The topological polar surface area (TPSA) is 118 Å². The molecule has 4 aromatic rings. The van der Waals surface area contributed by atoms with Crippen LogP contribution in [0.15, 0.2) is 73.1 Å². The fourth-order valence-corrected chi connectivity index (χ4v) is 2.97. The largest absolute Gasteiger partial charge is 0.399 e. The van der Waals surface area contributed by atoms with Crippen LogP contribution in [0.1, 0.15) is 11.1 Å². The quantitative estimate of drug-likeness (QED) is 0.137. The molecule has 3 N–H and O–H groups in total. The summed E-state index contributed by atoms with van der Waals surface area (Å²) >= 11 is 16.4. The maximum Gasteiger partial charge on any atom is 0.239 e. The summed E-state index contributed by atoms with van der Waals surface area (Å²) in [7, 11) is 0. The van der Waals surface area contributed by atoms with Gasteiger partial charge >= 0.3 is 0 Å². The molecule has 0 atom stereocenters. The van der Waals surface area contributed by atoms with E-state index in [2.05, 4.69) is 36.2 Å². The van der Waals surface area contributed by atoms with Crippen LogP contribution in [0.2, 0.25) is 15.7 Å². The van der Waals surface area contributed by atoms with Crippen LogP contribution >= 0.6 is 34.8 Å². The van der Waals surface area contributed by atoms with Crippen LogP contribution in [0.5, 0.6) is 0 Å². The molecule has 0 spiro atoms. The third-order valence-corrected chi connectivity index (χ3v) is 4.49. The number of aromatic nitrogens is 4. The van der Waals surface area contributed by atoms with Gasteiger partial charge in [-0.25, -0.2) is 26.5 Å². The molecular formula is C24H19Cl3N8. The molecule has 8 nitrogen and oxygen atoms in total. The molecule has 0 amide bonds. The Labute approximate surface area is 218 Å². The minimum Gasteiger partial charge on any atom is -0.399 e. The molecule has 176 valence electrons. The van der Waals surface area contributed by atoms with E-state index < -0.39 is 0 Å². The molecule has 0 radical (unpaired) electrons. The lowest BCUT2D eigenvalue weighted by atomic mass is 10.1. The van der Waals surface area contributed by atoms with Gasteiger partial charge in [-0.15, -0.1) is 0 Å². The number of nitrogens with two attached hydrogens (primary N) is 1. The molecule has 0 unspecified atom stereocenters. The van der Waals surface area contributed by atoms with Crippen molar-refractivity contribution in [2.45, 2.75) is 13.0 Å². The first-order valence-electron chi connectivity index (χ1n) is 9.92. The zero-order valence-corrected chi connectivity index (χ0v) is 20.5. The Hall–Kier alpha value is -3.95. The van der Waals surface area contributed by atoms with Crippen LogP contribution in [-0.2, 0) is 13.0 Å². The van der Waals surface area contributed by atoms with E-state index in [-0.39, 0.29) is 10.6 Å². The van der Waals surface area contributed by atoms with E-state index in [0.29, 0.717) is 23.9 Å². The van der Waals surface area contributed by atoms with E-state index >= 15 is 0 Å². The summed E-state index contributed by atoms with van der Waals surface area (Å²) in [5.41, 5.74) is 9.01. The van der Waals surface area contributed by atoms with E-state index in [1.165, 1.54) is 6.20 Å². The van der Waals surface area contributed by atoms with Crippen molar-refractivity contribution in [3.05, 3.63) is 111 Å². The molecule has 0 saturated carbocycles. The molecule has 0 fully saturated rings. The van der Waals surface area contributed by atoms with Crippen LogP contribution in [0.25, 0.3) is 4.85 Å². The highest BCUT2D eigenvalue weighted by Gasteiger charge is 1.99. The van der Waals surface area contributed by atoms with Crippen molar-refractivity contribution in [1.82, 2.24) is 19.9 Å². The number of hydrogen-bond donors (Lipinski definition) is 2. The number of nitrogen functional groups attached to an aromatic ring is 1. The highest BCUT2D eigenvalue weighted by molar-refractivity contribution is 6.31. The first kappa shape index (κ1) is 27.3. The number of benzene rings is 2. The summed E-state index contributed by atoms with van der Waals surface area (Å²) in [5.74, 6) is 0.624. The van der Waals surface area contributed by atoms with Gasteiger partial charge in [-0.1, -0.05) is 35.9 Å². The van der Waals surface area contributed by atoms with E-state index in [4.69, 9.17) is 52.4 Å². The highest BCUT2D eigenvalue weighted by Crippen LogP contribution is 2.17. The summed E-state index contributed by atoms with van der Waals surface area (Å²) in [4.78, 5) is 18.3. The predicted octanol–water partition coefficient (Wildman–Crippen LogP) is 6.41. The maximum absolute atomic E-state index is 8.63. The Balaban J connectivity index is 0.000000204. The fraction of sp³-hybridized carbons (Fsp3) is 0.0833. The molecule has 0 aliphatic heterocycles. The van der Waals surface area contributed by atoms with E-state index in [0.717, 1.165) is 22.5 Å². The molecule has 0 aliphatic carbocycles. The lowest BCUT2D eigenvalue weighted by Gasteiger charge is -2.06. The minimum absolute atomic E-state index is 0.178. The molecule has 0 saturated heterocycles. The Morgan fingerprint density at radius 2 is 1.60 bits per heavy atom. The lowest BCUT2D eigenvalue weighted by Crippen LogP contribution is -1.95. The zero-order valence-electron chi connectivity index (χ0n) is 18.2. The van der Waals surface area contributed by atoms with Gasteiger partial charge in [-0.05, 0) is 65.2 Å². The van der Waals surface area contributed by atoms with Crippen LogP contribution in [0.3, 0.4) is 0 Å². The summed E-state index contributed by atoms with van der Waals surface area (Å²) < 4.78 is 0.